The van der Waals surface area contributed by atoms with Gasteiger partial charge in [-0.15, -0.1) is 0 Å². The van der Waals surface area contributed by atoms with E-state index < -0.39 is 17.0 Å². The van der Waals surface area contributed by atoms with Gasteiger partial charge < -0.3 is 5.11 Å². The maximum atomic E-state index is 13.2. The van der Waals surface area contributed by atoms with Crippen LogP contribution in [0.25, 0.3) is 11.3 Å². The Morgan fingerprint density at radius 3 is 2.64 bits per heavy atom. The highest BCUT2D eigenvalue weighted by atomic mass is 32.2. The number of aromatic nitrogens is 3. The lowest BCUT2D eigenvalue weighted by Crippen LogP contribution is -2.58. The number of hydrogen-bond acceptors (Lipinski definition) is 7. The first kappa shape index (κ1) is 22.7. The smallest absolute Gasteiger partial charge is 0.299 e. The number of nitrogens with zero attached hydrogens (tertiary/aromatic N) is 5. The van der Waals surface area contributed by atoms with E-state index >= 15 is 0 Å². The predicted octanol–water partition coefficient (Wildman–Crippen LogP) is 3.61. The van der Waals surface area contributed by atoms with Crippen molar-refractivity contribution in [3.05, 3.63) is 64.2 Å². The zero-order chi connectivity index (χ0) is 23.5. The Labute approximate surface area is 195 Å². The van der Waals surface area contributed by atoms with Crippen molar-refractivity contribution in [2.75, 3.05) is 10.7 Å². The summed E-state index contributed by atoms with van der Waals surface area (Å²) in [5.41, 5.74) is 1.30. The third kappa shape index (κ3) is 4.25. The van der Waals surface area contributed by atoms with Crippen molar-refractivity contribution < 1.29 is 19.5 Å². The second kappa shape index (κ2) is 9.53. The molecule has 1 aromatic heterocycles. The fourth-order valence-corrected chi connectivity index (χ4v) is 4.83. The number of unbranched alkanes of at least 4 members (excludes halogenated alkanes) is 2. The minimum Gasteiger partial charge on any atom is -0.854 e. The predicted molar refractivity (Wildman–Crippen MR) is 122 cm³/mol. The molecule has 170 valence electrons. The second-order valence-corrected chi connectivity index (χ2v) is 8.71. The summed E-state index contributed by atoms with van der Waals surface area (Å²) >= 11 is 1.37. The van der Waals surface area contributed by atoms with Crippen LogP contribution in [0.5, 0.6) is 5.88 Å². The number of nitro benzene ring substituents is 1. The van der Waals surface area contributed by atoms with Crippen LogP contribution in [0.2, 0.25) is 0 Å². The van der Waals surface area contributed by atoms with Crippen LogP contribution in [0.15, 0.2) is 53.7 Å². The highest BCUT2D eigenvalue weighted by molar-refractivity contribution is 7.99. The average molecular weight is 466 g/mol. The molecule has 0 aliphatic carbocycles. The molecule has 1 aliphatic heterocycles. The van der Waals surface area contributed by atoms with Crippen LogP contribution in [0.1, 0.15) is 44.8 Å². The van der Waals surface area contributed by atoms with E-state index in [1.54, 1.807) is 42.5 Å². The van der Waals surface area contributed by atoms with E-state index in [0.717, 1.165) is 25.0 Å². The number of anilines is 1. The molecule has 10 heteroatoms. The summed E-state index contributed by atoms with van der Waals surface area (Å²) in [6, 6.07) is 13.2. The molecule has 0 radical (unpaired) electrons. The van der Waals surface area contributed by atoms with Gasteiger partial charge in [-0.2, -0.15) is 0 Å². The van der Waals surface area contributed by atoms with Gasteiger partial charge in [0.2, 0.25) is 5.91 Å². The first-order valence-electron chi connectivity index (χ1n) is 10.7. The van der Waals surface area contributed by atoms with Crippen molar-refractivity contribution in [3.8, 4) is 17.1 Å². The molecule has 2 aromatic carbocycles. The van der Waals surface area contributed by atoms with E-state index in [0.29, 0.717) is 11.3 Å². The lowest BCUT2D eigenvalue weighted by Gasteiger charge is -2.32. The Balaban J connectivity index is 1.96. The standard InChI is InChI=1S/C23H23N5O4S/c1-3-4-9-14-33-23-24-21(30)20-16-10-5-7-12-18(16)26(15(2)29)22(27(20)25-23)17-11-6-8-13-19(17)28(31)32/h5-8,10-13,22H,3-4,9,14H2,1-2H3. The molecular formula is C23H23N5O4S. The molecule has 0 saturated heterocycles. The van der Waals surface area contributed by atoms with Crippen molar-refractivity contribution in [3.63, 3.8) is 0 Å². The third-order valence-electron chi connectivity index (χ3n) is 5.45. The van der Waals surface area contributed by atoms with E-state index in [9.17, 15) is 20.0 Å². The molecule has 0 fully saturated rings. The number of para-hydroxylation sites is 2. The number of rotatable bonds is 7. The molecule has 1 atom stereocenters. The Morgan fingerprint density at radius 2 is 1.91 bits per heavy atom. The molecule has 3 aromatic rings. The number of benzene rings is 2. The van der Waals surface area contributed by atoms with Crippen LogP contribution in [0.3, 0.4) is 0 Å². The molecule has 2 heterocycles. The van der Waals surface area contributed by atoms with E-state index in [4.69, 9.17) is 0 Å². The topological polar surface area (TPSA) is 116 Å². The second-order valence-electron chi connectivity index (χ2n) is 7.64. The first-order chi connectivity index (χ1) is 15.9. The molecule has 0 bridgehead atoms. The van der Waals surface area contributed by atoms with Crippen LogP contribution < -0.4 is 14.7 Å². The molecule has 33 heavy (non-hydrogen) atoms. The molecule has 4 rings (SSSR count). The minimum absolute atomic E-state index is 0.158. The molecule has 0 spiro atoms. The average Bonchev–Trinajstić information content (AvgIpc) is 2.80. The van der Waals surface area contributed by atoms with Gasteiger partial charge in [-0.25, -0.2) is 9.88 Å². The normalized spacial score (nSPS) is 14.5. The summed E-state index contributed by atoms with van der Waals surface area (Å²) in [5, 5.41) is 29.9. The maximum absolute atomic E-state index is 13.2. The van der Waals surface area contributed by atoms with Gasteiger partial charge in [0, 0.05) is 23.8 Å². The summed E-state index contributed by atoms with van der Waals surface area (Å²) < 4.78 is 1.42. The number of thioether (sulfide) groups is 1. The Kier molecular flexibility index (Phi) is 6.55. The fraction of sp³-hybridized carbons (Fsp3) is 0.304. The number of carbonyl (C=O) groups is 1. The van der Waals surface area contributed by atoms with Crippen LogP contribution in [-0.2, 0) is 4.79 Å². The molecule has 1 aliphatic rings. The molecule has 0 N–H and O–H groups in total. The van der Waals surface area contributed by atoms with Crippen molar-refractivity contribution in [2.45, 2.75) is 44.4 Å². The number of hydrogen-bond donors (Lipinski definition) is 0. The highest BCUT2D eigenvalue weighted by Crippen LogP contribution is 2.42. The van der Waals surface area contributed by atoms with Crippen LogP contribution in [-0.4, -0.2) is 26.7 Å². The van der Waals surface area contributed by atoms with E-state index in [2.05, 4.69) is 17.0 Å². The van der Waals surface area contributed by atoms with Crippen molar-refractivity contribution in [1.29, 1.82) is 0 Å². The third-order valence-corrected chi connectivity index (χ3v) is 6.37. The Bertz CT molecular complexity index is 1220. The van der Waals surface area contributed by atoms with Crippen LogP contribution in [0, 0.1) is 10.1 Å². The molecular weight excluding hydrogens is 442 g/mol. The summed E-state index contributed by atoms with van der Waals surface area (Å²) in [6.07, 6.45) is 2.08. The van der Waals surface area contributed by atoms with Crippen LogP contribution >= 0.6 is 11.8 Å². The summed E-state index contributed by atoms with van der Waals surface area (Å²) in [6.45, 7) is 3.50. The molecule has 1 unspecified atom stereocenters. The lowest BCUT2D eigenvalue weighted by molar-refractivity contribution is -0.764. The van der Waals surface area contributed by atoms with Crippen molar-refractivity contribution in [2.24, 2.45) is 0 Å². The van der Waals surface area contributed by atoms with Crippen molar-refractivity contribution in [1.82, 2.24) is 10.1 Å². The monoisotopic (exact) mass is 465 g/mol. The SMILES string of the molecule is CCCCCSc1nc([O-])c2[n+](n1)C(c1ccccc1[N+](=O)[O-])N(C(C)=O)c1ccccc1-2. The highest BCUT2D eigenvalue weighted by Gasteiger charge is 2.46. The van der Waals surface area contributed by atoms with Gasteiger partial charge in [0.25, 0.3) is 22.7 Å². The summed E-state index contributed by atoms with van der Waals surface area (Å²) in [7, 11) is 0. The van der Waals surface area contributed by atoms with Crippen LogP contribution in [0.4, 0.5) is 11.4 Å². The summed E-state index contributed by atoms with van der Waals surface area (Å²) in [4.78, 5) is 29.8. The minimum atomic E-state index is -1.00. The first-order valence-corrected chi connectivity index (χ1v) is 11.7. The molecule has 0 saturated carbocycles. The zero-order valence-corrected chi connectivity index (χ0v) is 19.1. The Hall–Kier alpha value is -3.53. The Morgan fingerprint density at radius 1 is 1.18 bits per heavy atom. The van der Waals surface area contributed by atoms with E-state index in [1.807, 2.05) is 0 Å². The maximum Gasteiger partial charge on any atom is 0.299 e. The molecule has 9 nitrogen and oxygen atoms in total. The quantitative estimate of drug-likeness (QED) is 0.172. The molecule has 1 amide bonds. The number of amides is 1. The fourth-order valence-electron chi connectivity index (χ4n) is 4.00. The van der Waals surface area contributed by atoms with Gasteiger partial charge >= 0.3 is 0 Å². The number of fused-ring (bicyclic) bond motifs is 3. The van der Waals surface area contributed by atoms with Gasteiger partial charge in [-0.05, 0) is 24.6 Å². The largest absolute Gasteiger partial charge is 0.854 e. The zero-order valence-electron chi connectivity index (χ0n) is 18.3. The van der Waals surface area contributed by atoms with Gasteiger partial charge in [0.15, 0.2) is 0 Å². The van der Waals surface area contributed by atoms with Gasteiger partial charge in [0.1, 0.15) is 5.56 Å². The van der Waals surface area contributed by atoms with E-state index in [1.165, 1.54) is 34.3 Å². The van der Waals surface area contributed by atoms with Gasteiger partial charge in [-0.3, -0.25) is 14.9 Å². The van der Waals surface area contributed by atoms with Gasteiger partial charge in [0.05, 0.1) is 22.1 Å². The lowest BCUT2D eigenvalue weighted by atomic mass is 10.0. The van der Waals surface area contributed by atoms with Gasteiger partial charge in [-0.1, -0.05) is 60.5 Å². The number of carbonyl (C=O) groups excluding carboxylic acids is 1. The number of nitro groups is 1. The van der Waals surface area contributed by atoms with Crippen molar-refractivity contribution >= 4 is 29.0 Å². The summed E-state index contributed by atoms with van der Waals surface area (Å²) in [5.74, 6) is -0.0651. The van der Waals surface area contributed by atoms with E-state index in [-0.39, 0.29) is 28.0 Å².